The van der Waals surface area contributed by atoms with Gasteiger partial charge in [0.15, 0.2) is 0 Å². The van der Waals surface area contributed by atoms with Gasteiger partial charge in [-0.1, -0.05) is 76.3 Å². The molecule has 0 nitrogen and oxygen atoms in total. The van der Waals surface area contributed by atoms with Gasteiger partial charge in [0.1, 0.15) is 0 Å². The van der Waals surface area contributed by atoms with Crippen molar-refractivity contribution in [1.82, 2.24) is 0 Å². The first-order valence-electron chi connectivity index (χ1n) is 5.87. The summed E-state index contributed by atoms with van der Waals surface area (Å²) < 4.78 is 0. The van der Waals surface area contributed by atoms with Gasteiger partial charge in [-0.15, -0.1) is 0 Å². The van der Waals surface area contributed by atoms with Gasteiger partial charge in [-0.05, 0) is 18.1 Å². The molecule has 0 bridgehead atoms. The quantitative estimate of drug-likeness (QED) is 0.590. The van der Waals surface area contributed by atoms with Crippen molar-refractivity contribution in [3.8, 4) is 0 Å². The zero-order chi connectivity index (χ0) is 11.5. The van der Waals surface area contributed by atoms with E-state index in [1.54, 1.807) is 0 Å². The monoisotopic (exact) mass is 226 g/mol. The first kappa shape index (κ1) is 14.5. The van der Waals surface area contributed by atoms with E-state index in [1.165, 1.54) is 25.7 Å². The summed E-state index contributed by atoms with van der Waals surface area (Å²) in [6.45, 7) is 6.83. The third kappa shape index (κ3) is 11.4. The van der Waals surface area contributed by atoms with Crippen LogP contribution < -0.4 is 0 Å². The molecule has 0 aliphatic heterocycles. The maximum absolute atomic E-state index is 5.54. The van der Waals surface area contributed by atoms with Crippen molar-refractivity contribution in [2.75, 3.05) is 0 Å². The Morgan fingerprint density at radius 1 is 1.07 bits per heavy atom. The van der Waals surface area contributed by atoms with Crippen LogP contribution in [0.1, 0.15) is 46.5 Å². The number of halogens is 1. The van der Waals surface area contributed by atoms with Gasteiger partial charge < -0.3 is 0 Å². The van der Waals surface area contributed by atoms with Gasteiger partial charge in [-0.3, -0.25) is 0 Å². The van der Waals surface area contributed by atoms with Crippen molar-refractivity contribution in [3.05, 3.63) is 35.4 Å². The molecule has 0 amide bonds. The maximum atomic E-state index is 5.54. The van der Waals surface area contributed by atoms with Crippen molar-refractivity contribution in [1.29, 1.82) is 0 Å². The lowest BCUT2D eigenvalue weighted by molar-refractivity contribution is 0.534. The third-order valence-electron chi connectivity index (χ3n) is 2.12. The van der Waals surface area contributed by atoms with Gasteiger partial charge in [0.25, 0.3) is 0 Å². The largest absolute Gasteiger partial charge is 0.0843 e. The standard InChI is InChI=1S/C8H18.C6H5Cl/c1-4-5-6-7-8(2)3;7-6-4-2-1-3-5-6/h8H,4-7H2,1-3H3;1-5H. The first-order valence-corrected chi connectivity index (χ1v) is 6.25. The van der Waals surface area contributed by atoms with Crippen LogP contribution >= 0.6 is 11.6 Å². The fraction of sp³-hybridized carbons (Fsp3) is 0.571. The molecule has 0 unspecified atom stereocenters. The predicted molar refractivity (Wildman–Crippen MR) is 70.4 cm³/mol. The van der Waals surface area contributed by atoms with Gasteiger partial charge in [0, 0.05) is 5.02 Å². The number of unbranched alkanes of at least 4 members (excludes halogenated alkanes) is 2. The highest BCUT2D eigenvalue weighted by Crippen LogP contribution is 2.06. The molecule has 0 aliphatic rings. The van der Waals surface area contributed by atoms with Crippen LogP contribution in [0.5, 0.6) is 0 Å². The third-order valence-corrected chi connectivity index (χ3v) is 2.37. The van der Waals surface area contributed by atoms with Crippen molar-refractivity contribution in [2.45, 2.75) is 46.5 Å². The van der Waals surface area contributed by atoms with Crippen LogP contribution in [0, 0.1) is 5.92 Å². The average molecular weight is 227 g/mol. The molecule has 0 spiro atoms. The Balaban J connectivity index is 0.000000262. The smallest absolute Gasteiger partial charge is 0.0405 e. The Morgan fingerprint density at radius 2 is 1.67 bits per heavy atom. The minimum absolute atomic E-state index is 0.794. The van der Waals surface area contributed by atoms with E-state index < -0.39 is 0 Å². The lowest BCUT2D eigenvalue weighted by Crippen LogP contribution is -1.85. The summed E-state index contributed by atoms with van der Waals surface area (Å²) in [6, 6.07) is 9.44. The van der Waals surface area contributed by atoms with Gasteiger partial charge >= 0.3 is 0 Å². The maximum Gasteiger partial charge on any atom is 0.0405 e. The normalized spacial score (nSPS) is 9.67. The molecule has 0 N–H and O–H groups in total. The molecular formula is C14H23Cl. The van der Waals surface area contributed by atoms with Gasteiger partial charge in [0.2, 0.25) is 0 Å². The van der Waals surface area contributed by atoms with E-state index in [0.29, 0.717) is 0 Å². The summed E-state index contributed by atoms with van der Waals surface area (Å²) in [7, 11) is 0. The summed E-state index contributed by atoms with van der Waals surface area (Å²) in [5.74, 6) is 0.904. The van der Waals surface area contributed by atoms with E-state index in [-0.39, 0.29) is 0 Å². The zero-order valence-electron chi connectivity index (χ0n) is 10.2. The molecule has 0 fully saturated rings. The van der Waals surface area contributed by atoms with Crippen molar-refractivity contribution < 1.29 is 0 Å². The fourth-order valence-electron chi connectivity index (χ4n) is 1.22. The molecule has 0 heterocycles. The van der Waals surface area contributed by atoms with Crippen molar-refractivity contribution >= 4 is 11.6 Å². The minimum Gasteiger partial charge on any atom is -0.0843 e. The molecule has 0 atom stereocenters. The lowest BCUT2D eigenvalue weighted by atomic mass is 10.1. The second-order valence-electron chi connectivity index (χ2n) is 4.19. The molecule has 0 saturated carbocycles. The molecule has 1 rings (SSSR count). The van der Waals surface area contributed by atoms with Crippen LogP contribution in [0.25, 0.3) is 0 Å². The van der Waals surface area contributed by atoms with E-state index in [9.17, 15) is 0 Å². The van der Waals surface area contributed by atoms with E-state index in [1.807, 2.05) is 30.3 Å². The second-order valence-corrected chi connectivity index (χ2v) is 4.62. The van der Waals surface area contributed by atoms with Crippen LogP contribution in [0.3, 0.4) is 0 Å². The Labute approximate surface area is 99.7 Å². The molecule has 0 radical (unpaired) electrons. The van der Waals surface area contributed by atoms with E-state index >= 15 is 0 Å². The highest BCUT2D eigenvalue weighted by molar-refractivity contribution is 6.30. The summed E-state index contributed by atoms with van der Waals surface area (Å²) in [5, 5.41) is 0.794. The molecule has 0 aromatic heterocycles. The SMILES string of the molecule is CCCCCC(C)C.Clc1ccccc1. The number of benzene rings is 1. The molecule has 0 aliphatic carbocycles. The molecule has 1 aromatic carbocycles. The summed E-state index contributed by atoms with van der Waals surface area (Å²) in [5.41, 5.74) is 0. The van der Waals surface area contributed by atoms with E-state index in [4.69, 9.17) is 11.6 Å². The molecule has 1 heteroatoms. The van der Waals surface area contributed by atoms with Crippen LogP contribution in [-0.4, -0.2) is 0 Å². The van der Waals surface area contributed by atoms with E-state index in [2.05, 4.69) is 20.8 Å². The molecule has 15 heavy (non-hydrogen) atoms. The van der Waals surface area contributed by atoms with Gasteiger partial charge in [-0.2, -0.15) is 0 Å². The number of hydrogen-bond acceptors (Lipinski definition) is 0. The molecule has 1 aromatic rings. The highest BCUT2D eigenvalue weighted by Gasteiger charge is 1.90. The van der Waals surface area contributed by atoms with Gasteiger partial charge in [-0.25, -0.2) is 0 Å². The Kier molecular flexibility index (Phi) is 9.71. The molecule has 0 saturated heterocycles. The molecule has 86 valence electrons. The van der Waals surface area contributed by atoms with Crippen LogP contribution in [0.2, 0.25) is 5.02 Å². The minimum atomic E-state index is 0.794. The molecular weight excluding hydrogens is 204 g/mol. The average Bonchev–Trinajstić information content (AvgIpc) is 2.20. The topological polar surface area (TPSA) is 0 Å². The summed E-state index contributed by atoms with van der Waals surface area (Å²) in [6.07, 6.45) is 5.60. The van der Waals surface area contributed by atoms with Crippen LogP contribution in [0.15, 0.2) is 30.3 Å². The highest BCUT2D eigenvalue weighted by atomic mass is 35.5. The summed E-state index contributed by atoms with van der Waals surface area (Å²) in [4.78, 5) is 0. The fourth-order valence-corrected chi connectivity index (χ4v) is 1.36. The number of hydrogen-bond donors (Lipinski definition) is 0. The van der Waals surface area contributed by atoms with Crippen molar-refractivity contribution in [3.63, 3.8) is 0 Å². The lowest BCUT2D eigenvalue weighted by Gasteiger charge is -2.00. The Morgan fingerprint density at radius 3 is 2.00 bits per heavy atom. The van der Waals surface area contributed by atoms with Gasteiger partial charge in [0.05, 0.1) is 0 Å². The van der Waals surface area contributed by atoms with Crippen LogP contribution in [0.4, 0.5) is 0 Å². The van der Waals surface area contributed by atoms with Crippen molar-refractivity contribution in [2.24, 2.45) is 5.92 Å². The van der Waals surface area contributed by atoms with Crippen LogP contribution in [-0.2, 0) is 0 Å². The predicted octanol–water partition coefficient (Wildman–Crippen LogP) is 5.56. The van der Waals surface area contributed by atoms with E-state index in [0.717, 1.165) is 10.9 Å². The Hall–Kier alpha value is -0.490. The Bertz CT molecular complexity index is 216. The second kappa shape index (κ2) is 10.0. The first-order chi connectivity index (χ1) is 7.16. The summed E-state index contributed by atoms with van der Waals surface area (Å²) >= 11 is 5.54. The number of rotatable bonds is 4. The zero-order valence-corrected chi connectivity index (χ0v) is 10.9.